The van der Waals surface area contributed by atoms with E-state index in [1.54, 1.807) is 6.07 Å². The number of nitrogens with zero attached hydrogens (tertiary/aromatic N) is 4. The van der Waals surface area contributed by atoms with Gasteiger partial charge in [0.05, 0.1) is 22.4 Å². The molecule has 9 aromatic rings. The fraction of sp³-hybridized carbons (Fsp3) is 0.217. The molecule has 0 saturated carbocycles. The highest BCUT2D eigenvalue weighted by atomic mass is 19.1. The maximum Gasteiger partial charge on any atom is 0.137 e. The Bertz CT molecular complexity index is 3290. The molecule has 7 aromatic carbocycles. The number of ether oxygens (including phenoxy) is 1. The number of anilines is 4. The van der Waals surface area contributed by atoms with Gasteiger partial charge in [-0.1, -0.05) is 110 Å². The molecule has 7 heteroatoms. The average Bonchev–Trinajstić information content (AvgIpc) is 3.86. The molecule has 3 heterocycles. The van der Waals surface area contributed by atoms with Crippen LogP contribution in [-0.2, 0) is 0 Å². The molecule has 10 rings (SSSR count). The number of aromatic nitrogens is 2. The van der Waals surface area contributed by atoms with E-state index in [1.807, 2.05) is 24.4 Å². The van der Waals surface area contributed by atoms with E-state index < -0.39 is 11.6 Å². The van der Waals surface area contributed by atoms with Crippen LogP contribution in [0.15, 0.2) is 158 Å². The fourth-order valence-electron chi connectivity index (χ4n) is 9.90. The van der Waals surface area contributed by atoms with Gasteiger partial charge in [-0.05, 0) is 141 Å². The molecule has 336 valence electrons. The number of pyridine rings is 1. The lowest BCUT2D eigenvalue weighted by molar-refractivity contribution is 0.483. The van der Waals surface area contributed by atoms with Crippen LogP contribution in [0.2, 0.25) is 0 Å². The summed E-state index contributed by atoms with van der Waals surface area (Å²) in [6, 6.07) is 51.0. The second-order valence-corrected chi connectivity index (χ2v) is 19.1. The molecule has 0 spiro atoms. The molecule has 67 heavy (non-hydrogen) atoms. The first kappa shape index (κ1) is 43.6. The van der Waals surface area contributed by atoms with Crippen molar-refractivity contribution in [3.05, 3.63) is 192 Å². The molecule has 5 nitrogen and oxygen atoms in total. The van der Waals surface area contributed by atoms with E-state index in [0.29, 0.717) is 24.1 Å². The topological polar surface area (TPSA) is 33.5 Å². The number of fused-ring (bicyclic) bond motifs is 4. The molecule has 0 radical (unpaired) electrons. The van der Waals surface area contributed by atoms with Gasteiger partial charge in [-0.15, -0.1) is 0 Å². The van der Waals surface area contributed by atoms with Crippen molar-refractivity contribution in [3.8, 4) is 39.6 Å². The Morgan fingerprint density at radius 2 is 1.21 bits per heavy atom. The Morgan fingerprint density at radius 1 is 0.507 bits per heavy atom. The SMILES string of the molecule is CC(C)c1ccc2c(c1)N(c1c(C(C)C)cc(-c3ccc(F)cc3F)cc1C(C)C)CN2c1cc(Oc2ccc3c4ccccc4n(-c4ccccn4)c3c2)cc(-c2ccccc2C(C)C)c1. The van der Waals surface area contributed by atoms with E-state index in [2.05, 4.69) is 185 Å². The molecule has 0 amide bonds. The third-order valence-electron chi connectivity index (χ3n) is 13.3. The molecule has 0 saturated heterocycles. The number of halogens is 2. The van der Waals surface area contributed by atoms with E-state index in [4.69, 9.17) is 9.72 Å². The number of para-hydroxylation sites is 1. The van der Waals surface area contributed by atoms with Gasteiger partial charge >= 0.3 is 0 Å². The van der Waals surface area contributed by atoms with Crippen molar-refractivity contribution in [1.82, 2.24) is 9.55 Å². The summed E-state index contributed by atoms with van der Waals surface area (Å²) in [4.78, 5) is 9.61. The number of hydrogen-bond acceptors (Lipinski definition) is 4. The summed E-state index contributed by atoms with van der Waals surface area (Å²) in [5.74, 6) is 1.95. The standard InChI is InChI=1S/C60H56F2N4O/c1-36(2)40-20-25-56-58(31-40)65(60-52(38(5)6)29-42(30-53(60)39(7)8)49-23-21-43(61)32-54(49)62)35-64(56)44-27-41(48-16-10-9-15-47(48)37(3)4)28-46(33-44)67-45-22-24-51-50-17-11-12-18-55(50)66(57(51)34-45)59-19-13-14-26-63-59/h9-34,36-39H,35H2,1-8H3. The van der Waals surface area contributed by atoms with E-state index >= 15 is 4.39 Å². The zero-order chi connectivity index (χ0) is 46.7. The molecular formula is C60H56F2N4O. The summed E-state index contributed by atoms with van der Waals surface area (Å²) in [6.45, 7) is 18.3. The van der Waals surface area contributed by atoms with Gasteiger partial charge in [0.25, 0.3) is 0 Å². The van der Waals surface area contributed by atoms with Crippen LogP contribution in [0, 0.1) is 11.6 Å². The largest absolute Gasteiger partial charge is 0.457 e. The van der Waals surface area contributed by atoms with Crippen LogP contribution in [0.5, 0.6) is 11.5 Å². The molecular weight excluding hydrogens is 831 g/mol. The van der Waals surface area contributed by atoms with E-state index in [-0.39, 0.29) is 11.8 Å². The summed E-state index contributed by atoms with van der Waals surface area (Å²) in [6.07, 6.45) is 1.83. The number of benzene rings is 7. The molecule has 1 aliphatic rings. The molecule has 1 aliphatic heterocycles. The first-order valence-electron chi connectivity index (χ1n) is 23.5. The lowest BCUT2D eigenvalue weighted by atomic mass is 9.87. The summed E-state index contributed by atoms with van der Waals surface area (Å²) in [5.41, 5.74) is 14.5. The zero-order valence-corrected chi connectivity index (χ0v) is 39.5. The predicted molar refractivity (Wildman–Crippen MR) is 274 cm³/mol. The first-order chi connectivity index (χ1) is 32.3. The average molecular weight is 887 g/mol. The molecule has 0 atom stereocenters. The number of rotatable bonds is 11. The molecule has 0 N–H and O–H groups in total. The maximum atomic E-state index is 15.5. The van der Waals surface area contributed by atoms with Crippen molar-refractivity contribution in [3.63, 3.8) is 0 Å². The van der Waals surface area contributed by atoms with Crippen LogP contribution in [0.1, 0.15) is 101 Å². The van der Waals surface area contributed by atoms with Gasteiger partial charge in [-0.2, -0.15) is 0 Å². The van der Waals surface area contributed by atoms with Crippen molar-refractivity contribution in [2.24, 2.45) is 0 Å². The second-order valence-electron chi connectivity index (χ2n) is 19.1. The maximum absolute atomic E-state index is 15.5. The minimum atomic E-state index is -0.586. The van der Waals surface area contributed by atoms with E-state index in [1.165, 1.54) is 17.2 Å². The summed E-state index contributed by atoms with van der Waals surface area (Å²) in [7, 11) is 0. The normalized spacial score (nSPS) is 12.7. The summed E-state index contributed by atoms with van der Waals surface area (Å²) < 4.78 is 38.9. The monoisotopic (exact) mass is 886 g/mol. The van der Waals surface area contributed by atoms with Crippen molar-refractivity contribution in [2.75, 3.05) is 16.5 Å². The highest BCUT2D eigenvalue weighted by Gasteiger charge is 2.34. The van der Waals surface area contributed by atoms with E-state index in [9.17, 15) is 4.39 Å². The molecule has 0 fully saturated rings. The highest BCUT2D eigenvalue weighted by molar-refractivity contribution is 6.09. The van der Waals surface area contributed by atoms with Crippen molar-refractivity contribution in [2.45, 2.75) is 79.1 Å². The van der Waals surface area contributed by atoms with Gasteiger partial charge in [-0.3, -0.25) is 4.57 Å². The third kappa shape index (κ3) is 8.00. The van der Waals surface area contributed by atoms with Gasteiger partial charge in [0.1, 0.15) is 35.6 Å². The Balaban J connectivity index is 1.14. The lowest BCUT2D eigenvalue weighted by Crippen LogP contribution is -2.26. The Kier molecular flexibility index (Phi) is 11.4. The predicted octanol–water partition coefficient (Wildman–Crippen LogP) is 17.3. The minimum Gasteiger partial charge on any atom is -0.457 e. The summed E-state index contributed by atoms with van der Waals surface area (Å²) in [5, 5.41) is 2.28. The van der Waals surface area contributed by atoms with Crippen molar-refractivity contribution < 1.29 is 13.5 Å². The van der Waals surface area contributed by atoms with Crippen LogP contribution in [0.3, 0.4) is 0 Å². The van der Waals surface area contributed by atoms with Gasteiger partial charge in [0.15, 0.2) is 0 Å². The zero-order valence-electron chi connectivity index (χ0n) is 39.5. The van der Waals surface area contributed by atoms with Gasteiger partial charge in [-0.25, -0.2) is 13.8 Å². The van der Waals surface area contributed by atoms with Crippen LogP contribution >= 0.6 is 0 Å². The molecule has 0 bridgehead atoms. The smallest absolute Gasteiger partial charge is 0.137 e. The van der Waals surface area contributed by atoms with Gasteiger partial charge in [0.2, 0.25) is 0 Å². The van der Waals surface area contributed by atoms with Crippen LogP contribution in [-0.4, -0.2) is 16.2 Å². The highest BCUT2D eigenvalue weighted by Crippen LogP contribution is 2.51. The Hall–Kier alpha value is -7.25. The molecule has 0 unspecified atom stereocenters. The Labute approximate surface area is 392 Å². The molecule has 0 aliphatic carbocycles. The quantitative estimate of drug-likeness (QED) is 0.130. The van der Waals surface area contributed by atoms with Crippen LogP contribution in [0.25, 0.3) is 49.9 Å². The third-order valence-corrected chi connectivity index (χ3v) is 13.3. The summed E-state index contributed by atoms with van der Waals surface area (Å²) >= 11 is 0. The number of hydrogen-bond donors (Lipinski definition) is 0. The molecule has 2 aromatic heterocycles. The van der Waals surface area contributed by atoms with Crippen molar-refractivity contribution >= 4 is 44.6 Å². The van der Waals surface area contributed by atoms with Gasteiger partial charge < -0.3 is 14.5 Å². The van der Waals surface area contributed by atoms with Crippen molar-refractivity contribution in [1.29, 1.82) is 0 Å². The Morgan fingerprint density at radius 3 is 1.93 bits per heavy atom. The van der Waals surface area contributed by atoms with Gasteiger partial charge in [0, 0.05) is 52.1 Å². The van der Waals surface area contributed by atoms with E-state index in [0.717, 1.165) is 95.8 Å². The second kappa shape index (κ2) is 17.5. The fourth-order valence-corrected chi connectivity index (χ4v) is 9.90. The minimum absolute atomic E-state index is 0.103. The lowest BCUT2D eigenvalue weighted by Gasteiger charge is -2.30. The van der Waals surface area contributed by atoms with Crippen LogP contribution < -0.4 is 14.5 Å². The van der Waals surface area contributed by atoms with Crippen LogP contribution in [0.4, 0.5) is 31.5 Å². The first-order valence-corrected chi connectivity index (χ1v) is 23.5.